The molecule has 0 aliphatic carbocycles. The van der Waals surface area contributed by atoms with Gasteiger partial charge in [0.15, 0.2) is 0 Å². The first-order chi connectivity index (χ1) is 15.8. The van der Waals surface area contributed by atoms with E-state index >= 15 is 0 Å². The Kier molecular flexibility index (Phi) is 8.43. The molecular formula is C23H29N3O6S. The number of sulfonamides is 1. The summed E-state index contributed by atoms with van der Waals surface area (Å²) in [7, 11) is -2.09. The zero-order valence-corrected chi connectivity index (χ0v) is 19.6. The fourth-order valence-electron chi connectivity index (χ4n) is 3.59. The molecule has 1 aliphatic heterocycles. The molecule has 33 heavy (non-hydrogen) atoms. The van der Waals surface area contributed by atoms with Crippen molar-refractivity contribution in [2.75, 3.05) is 37.5 Å². The Morgan fingerprint density at radius 1 is 1.03 bits per heavy atom. The average Bonchev–Trinajstić information content (AvgIpc) is 2.80. The molecule has 1 heterocycles. The van der Waals surface area contributed by atoms with Crippen LogP contribution in [0.15, 0.2) is 53.4 Å². The van der Waals surface area contributed by atoms with Crippen molar-refractivity contribution in [3.05, 3.63) is 54.1 Å². The van der Waals surface area contributed by atoms with Crippen molar-refractivity contribution >= 4 is 33.4 Å². The molecule has 0 spiro atoms. The number of benzene rings is 2. The van der Waals surface area contributed by atoms with Crippen LogP contribution in [0.5, 0.6) is 0 Å². The topological polar surface area (TPSA) is 114 Å². The lowest BCUT2D eigenvalue weighted by atomic mass is 10.1. The maximum atomic E-state index is 13.0. The van der Waals surface area contributed by atoms with Gasteiger partial charge in [0, 0.05) is 36.6 Å². The molecular weight excluding hydrogens is 446 g/mol. The molecule has 2 amide bonds. The molecule has 1 aliphatic rings. The Labute approximate surface area is 194 Å². The van der Waals surface area contributed by atoms with Crippen molar-refractivity contribution in [2.24, 2.45) is 0 Å². The van der Waals surface area contributed by atoms with E-state index in [2.05, 4.69) is 10.6 Å². The highest BCUT2D eigenvalue weighted by Crippen LogP contribution is 2.25. The molecule has 1 saturated heterocycles. The van der Waals surface area contributed by atoms with Gasteiger partial charge in [-0.3, -0.25) is 10.1 Å². The van der Waals surface area contributed by atoms with Crippen molar-refractivity contribution in [1.29, 1.82) is 0 Å². The number of hydrogen-bond donors (Lipinski definition) is 2. The number of ether oxygens (including phenoxy) is 2. The number of carbonyl (C=O) groups excluding carboxylic acids is 2. The minimum absolute atomic E-state index is 0.0372. The molecule has 2 aromatic rings. The van der Waals surface area contributed by atoms with Crippen LogP contribution in [0.2, 0.25) is 0 Å². The Balaban J connectivity index is 1.63. The van der Waals surface area contributed by atoms with Crippen molar-refractivity contribution in [1.82, 2.24) is 4.31 Å². The number of anilines is 2. The molecule has 9 nitrogen and oxygen atoms in total. The molecule has 3 rings (SSSR count). The van der Waals surface area contributed by atoms with Gasteiger partial charge in [0.05, 0.1) is 11.5 Å². The van der Waals surface area contributed by atoms with Crippen molar-refractivity contribution in [3.8, 4) is 0 Å². The molecule has 10 heteroatoms. The highest BCUT2D eigenvalue weighted by molar-refractivity contribution is 7.89. The number of amides is 2. The van der Waals surface area contributed by atoms with Gasteiger partial charge in [-0.05, 0) is 62.2 Å². The summed E-state index contributed by atoms with van der Waals surface area (Å²) in [4.78, 5) is 24.6. The van der Waals surface area contributed by atoms with Gasteiger partial charge in [0.25, 0.3) is 5.91 Å². The van der Waals surface area contributed by atoms with Gasteiger partial charge in [-0.25, -0.2) is 13.2 Å². The smallest absolute Gasteiger partial charge is 0.411 e. The zero-order valence-electron chi connectivity index (χ0n) is 18.7. The van der Waals surface area contributed by atoms with E-state index < -0.39 is 22.0 Å². The lowest BCUT2D eigenvalue weighted by Gasteiger charge is -2.32. The zero-order chi connectivity index (χ0) is 23.8. The van der Waals surface area contributed by atoms with Gasteiger partial charge in [0.1, 0.15) is 6.61 Å². The first kappa shape index (κ1) is 24.7. The molecule has 178 valence electrons. The molecule has 0 aromatic heterocycles. The molecule has 0 saturated carbocycles. The molecule has 1 unspecified atom stereocenters. The van der Waals surface area contributed by atoms with Gasteiger partial charge < -0.3 is 14.8 Å². The van der Waals surface area contributed by atoms with Crippen LogP contribution in [-0.2, 0) is 19.5 Å². The number of nitrogens with one attached hydrogen (secondary N) is 2. The van der Waals surface area contributed by atoms with Crippen molar-refractivity contribution < 1.29 is 27.5 Å². The van der Waals surface area contributed by atoms with Crippen LogP contribution in [0, 0.1) is 0 Å². The van der Waals surface area contributed by atoms with Gasteiger partial charge in [-0.2, -0.15) is 4.31 Å². The molecule has 0 radical (unpaired) electrons. The predicted octanol–water partition coefficient (Wildman–Crippen LogP) is 3.70. The number of nitrogens with zero attached hydrogens (tertiary/aromatic N) is 1. The van der Waals surface area contributed by atoms with E-state index in [0.717, 1.165) is 19.3 Å². The van der Waals surface area contributed by atoms with Crippen LogP contribution in [-0.4, -0.2) is 57.6 Å². The standard InChI is InChI=1S/C23H29N3O6S/c1-17-6-3-4-13-26(17)33(29,30)21-11-9-18(10-12-21)22(27)24-19-7-5-8-20(16-19)25-23(28)32-15-14-31-2/h5,7-12,16-17H,3-4,6,13-15H2,1-2H3,(H,24,27)(H,25,28). The number of carbonyl (C=O) groups is 2. The number of piperidine rings is 1. The van der Waals surface area contributed by atoms with Crippen LogP contribution in [0.25, 0.3) is 0 Å². The number of hydrogen-bond acceptors (Lipinski definition) is 6. The maximum absolute atomic E-state index is 13.0. The maximum Gasteiger partial charge on any atom is 0.411 e. The first-order valence-corrected chi connectivity index (χ1v) is 12.2. The van der Waals surface area contributed by atoms with Crippen LogP contribution >= 0.6 is 0 Å². The van der Waals surface area contributed by atoms with E-state index in [4.69, 9.17) is 9.47 Å². The quantitative estimate of drug-likeness (QED) is 0.563. The SMILES string of the molecule is COCCOC(=O)Nc1cccc(NC(=O)c2ccc(S(=O)(=O)N3CCCCC3C)cc2)c1. The Morgan fingerprint density at radius 3 is 2.39 bits per heavy atom. The lowest BCUT2D eigenvalue weighted by Crippen LogP contribution is -2.41. The van der Waals surface area contributed by atoms with E-state index in [1.807, 2.05) is 6.92 Å². The van der Waals surface area contributed by atoms with E-state index in [1.54, 1.807) is 24.3 Å². The largest absolute Gasteiger partial charge is 0.447 e. The fraction of sp³-hybridized carbons (Fsp3) is 0.391. The second-order valence-electron chi connectivity index (χ2n) is 7.77. The first-order valence-electron chi connectivity index (χ1n) is 10.8. The van der Waals surface area contributed by atoms with Crippen molar-refractivity contribution in [3.63, 3.8) is 0 Å². The third kappa shape index (κ3) is 6.53. The van der Waals surface area contributed by atoms with Crippen molar-refractivity contribution in [2.45, 2.75) is 37.1 Å². The van der Waals surface area contributed by atoms with Crippen LogP contribution in [0.1, 0.15) is 36.5 Å². The second-order valence-corrected chi connectivity index (χ2v) is 9.66. The minimum atomic E-state index is -3.60. The molecule has 1 atom stereocenters. The van der Waals surface area contributed by atoms with Gasteiger partial charge >= 0.3 is 6.09 Å². The Morgan fingerprint density at radius 2 is 1.73 bits per heavy atom. The van der Waals surface area contributed by atoms with E-state index in [1.165, 1.54) is 35.7 Å². The summed E-state index contributed by atoms with van der Waals surface area (Å²) in [6.45, 7) is 2.85. The Bertz CT molecular complexity index is 1070. The minimum Gasteiger partial charge on any atom is -0.447 e. The van der Waals surface area contributed by atoms with Gasteiger partial charge in [-0.15, -0.1) is 0 Å². The van der Waals surface area contributed by atoms with Gasteiger partial charge in [0.2, 0.25) is 10.0 Å². The molecule has 0 bridgehead atoms. The summed E-state index contributed by atoms with van der Waals surface area (Å²) < 4.78 is 37.2. The van der Waals surface area contributed by atoms with E-state index in [9.17, 15) is 18.0 Å². The third-order valence-electron chi connectivity index (χ3n) is 5.35. The summed E-state index contributed by atoms with van der Waals surface area (Å²) in [6, 6.07) is 12.5. The number of rotatable bonds is 8. The average molecular weight is 476 g/mol. The normalized spacial score (nSPS) is 16.7. The monoisotopic (exact) mass is 475 g/mol. The molecule has 2 N–H and O–H groups in total. The summed E-state index contributed by atoms with van der Waals surface area (Å²) in [5.41, 5.74) is 1.24. The Hall–Kier alpha value is -2.95. The fourth-order valence-corrected chi connectivity index (χ4v) is 5.29. The summed E-state index contributed by atoms with van der Waals surface area (Å²) >= 11 is 0. The third-order valence-corrected chi connectivity index (χ3v) is 7.38. The van der Waals surface area contributed by atoms with E-state index in [0.29, 0.717) is 30.1 Å². The number of methoxy groups -OCH3 is 1. The van der Waals surface area contributed by atoms with Crippen LogP contribution in [0.3, 0.4) is 0 Å². The lowest BCUT2D eigenvalue weighted by molar-refractivity contribution is 0.102. The van der Waals surface area contributed by atoms with Crippen LogP contribution in [0.4, 0.5) is 16.2 Å². The summed E-state index contributed by atoms with van der Waals surface area (Å²) in [6.07, 6.45) is 2.09. The van der Waals surface area contributed by atoms with E-state index in [-0.39, 0.29) is 17.5 Å². The predicted molar refractivity (Wildman–Crippen MR) is 125 cm³/mol. The van der Waals surface area contributed by atoms with Crippen LogP contribution < -0.4 is 10.6 Å². The second kappa shape index (κ2) is 11.3. The molecule has 2 aromatic carbocycles. The summed E-state index contributed by atoms with van der Waals surface area (Å²) in [5, 5.41) is 5.32. The summed E-state index contributed by atoms with van der Waals surface area (Å²) in [5.74, 6) is -0.398. The molecule has 1 fully saturated rings. The highest BCUT2D eigenvalue weighted by Gasteiger charge is 2.30. The van der Waals surface area contributed by atoms with Gasteiger partial charge in [-0.1, -0.05) is 12.5 Å². The highest BCUT2D eigenvalue weighted by atomic mass is 32.2.